The zero-order chi connectivity index (χ0) is 26.7. The summed E-state index contributed by atoms with van der Waals surface area (Å²) < 4.78 is 21.5. The lowest BCUT2D eigenvalue weighted by Crippen LogP contribution is -2.50. The maximum atomic E-state index is 14.3. The lowest BCUT2D eigenvalue weighted by Gasteiger charge is -2.43. The Kier molecular flexibility index (Phi) is 7.90. The largest absolute Gasteiger partial charge is 0.497 e. The summed E-state index contributed by atoms with van der Waals surface area (Å²) in [5.41, 5.74) is 1.77. The van der Waals surface area contributed by atoms with Gasteiger partial charge in [0.25, 0.3) is 5.91 Å². The van der Waals surface area contributed by atoms with Gasteiger partial charge < -0.3 is 28.7 Å². The van der Waals surface area contributed by atoms with Crippen LogP contribution in [0.5, 0.6) is 17.2 Å². The number of rotatable bonds is 7. The summed E-state index contributed by atoms with van der Waals surface area (Å²) >= 11 is 0. The second-order valence-electron chi connectivity index (χ2n) is 9.28. The highest BCUT2D eigenvalue weighted by Gasteiger charge is 2.46. The molecule has 0 saturated carbocycles. The molecule has 2 aliphatic heterocycles. The van der Waals surface area contributed by atoms with E-state index in [-0.39, 0.29) is 30.2 Å². The van der Waals surface area contributed by atoms with Crippen LogP contribution in [-0.2, 0) is 14.3 Å². The van der Waals surface area contributed by atoms with Gasteiger partial charge in [-0.1, -0.05) is 12.1 Å². The van der Waals surface area contributed by atoms with Crippen molar-refractivity contribution < 1.29 is 33.3 Å². The molecule has 0 aromatic heterocycles. The van der Waals surface area contributed by atoms with Gasteiger partial charge in [-0.3, -0.25) is 14.4 Å². The van der Waals surface area contributed by atoms with E-state index in [9.17, 15) is 14.4 Å². The van der Waals surface area contributed by atoms with Gasteiger partial charge in [-0.25, -0.2) is 0 Å². The fourth-order valence-corrected chi connectivity index (χ4v) is 5.36. The molecule has 198 valence electrons. The molecule has 9 nitrogen and oxygen atoms in total. The molecule has 0 bridgehead atoms. The number of likely N-dealkylation sites (N-methyl/N-ethyl adjacent to an activating group) is 1. The number of methoxy groups -OCH3 is 3. The first-order chi connectivity index (χ1) is 17.8. The Morgan fingerprint density at radius 1 is 1.00 bits per heavy atom. The van der Waals surface area contributed by atoms with Crippen LogP contribution in [0.1, 0.15) is 53.2 Å². The average Bonchev–Trinajstić information content (AvgIpc) is 2.94. The van der Waals surface area contributed by atoms with Gasteiger partial charge in [0.05, 0.1) is 45.8 Å². The summed E-state index contributed by atoms with van der Waals surface area (Å²) in [7, 11) is 6.32. The maximum Gasteiger partial charge on any atom is 0.310 e. The lowest BCUT2D eigenvalue weighted by atomic mass is 9.78. The smallest absolute Gasteiger partial charge is 0.310 e. The van der Waals surface area contributed by atoms with Gasteiger partial charge in [0.15, 0.2) is 11.5 Å². The molecule has 9 heteroatoms. The third kappa shape index (κ3) is 4.95. The Labute approximate surface area is 217 Å². The van der Waals surface area contributed by atoms with Crippen LogP contribution in [0, 0.1) is 5.92 Å². The summed E-state index contributed by atoms with van der Waals surface area (Å²) in [6, 6.07) is 10.2. The van der Waals surface area contributed by atoms with Crippen molar-refractivity contribution >= 4 is 17.8 Å². The highest BCUT2D eigenvalue weighted by Crippen LogP contribution is 2.46. The zero-order valence-corrected chi connectivity index (χ0v) is 22.0. The molecule has 2 heterocycles. The number of carbonyl (C=O) groups excluding carboxylic acids is 3. The van der Waals surface area contributed by atoms with Crippen LogP contribution in [0.3, 0.4) is 0 Å². The summed E-state index contributed by atoms with van der Waals surface area (Å²) in [5, 5.41) is 0. The second-order valence-corrected chi connectivity index (χ2v) is 9.28. The normalized spacial score (nSPS) is 21.2. The van der Waals surface area contributed by atoms with Crippen molar-refractivity contribution in [3.05, 3.63) is 53.1 Å². The fraction of sp³-hybridized carbons (Fsp3) is 0.464. The second kappa shape index (κ2) is 11.1. The Morgan fingerprint density at radius 3 is 2.30 bits per heavy atom. The van der Waals surface area contributed by atoms with E-state index < -0.39 is 12.0 Å². The Balaban J connectivity index is 1.81. The van der Waals surface area contributed by atoms with Gasteiger partial charge in [0, 0.05) is 25.7 Å². The SMILES string of the molecule is CCOC(=O)[C@@H]1CCCN(C(=O)[C@@H]2c3cc(OC)c(OC)cc3C(=O)N(C)[C@H]2c2ccc(OC)cc2)C1. The van der Waals surface area contributed by atoms with Gasteiger partial charge in [0.2, 0.25) is 5.91 Å². The number of benzene rings is 2. The van der Waals surface area contributed by atoms with Crippen LogP contribution in [0.2, 0.25) is 0 Å². The predicted octanol–water partition coefficient (Wildman–Crippen LogP) is 3.42. The van der Waals surface area contributed by atoms with Crippen molar-refractivity contribution in [1.82, 2.24) is 9.80 Å². The van der Waals surface area contributed by atoms with E-state index in [0.717, 1.165) is 5.56 Å². The molecular formula is C28H34N2O7. The molecule has 2 aliphatic rings. The molecule has 4 rings (SSSR count). The van der Waals surface area contributed by atoms with Gasteiger partial charge in [-0.05, 0) is 55.2 Å². The molecule has 1 fully saturated rings. The van der Waals surface area contributed by atoms with E-state index in [1.165, 1.54) is 14.2 Å². The molecular weight excluding hydrogens is 476 g/mol. The van der Waals surface area contributed by atoms with Crippen molar-refractivity contribution in [2.24, 2.45) is 5.92 Å². The standard InChI is InChI=1S/C28H34N2O7/c1-6-37-28(33)18-8-7-13-30(16-18)27(32)24-20-14-22(35-4)23(36-5)15-21(20)26(31)29(2)25(24)17-9-11-19(34-3)12-10-17/h9-12,14-15,18,24-25H,6-8,13,16H2,1-5H3/t18-,24-,25+/m1/s1. The number of amides is 2. The number of piperidine rings is 1. The molecule has 0 spiro atoms. The fourth-order valence-electron chi connectivity index (χ4n) is 5.36. The molecule has 0 aliphatic carbocycles. The molecule has 0 radical (unpaired) electrons. The third-order valence-electron chi connectivity index (χ3n) is 7.25. The first-order valence-corrected chi connectivity index (χ1v) is 12.5. The first kappa shape index (κ1) is 26.3. The summed E-state index contributed by atoms with van der Waals surface area (Å²) in [5.74, 6) is -0.209. The zero-order valence-electron chi connectivity index (χ0n) is 22.0. The molecule has 0 unspecified atom stereocenters. The number of hydrogen-bond donors (Lipinski definition) is 0. The minimum absolute atomic E-state index is 0.150. The molecule has 2 amide bonds. The number of likely N-dealkylation sites (tertiary alicyclic amines) is 1. The van der Waals surface area contributed by atoms with E-state index in [1.807, 2.05) is 24.3 Å². The quantitative estimate of drug-likeness (QED) is 0.527. The summed E-state index contributed by atoms with van der Waals surface area (Å²) in [4.78, 5) is 43.7. The van der Waals surface area contributed by atoms with Crippen molar-refractivity contribution in [2.75, 3.05) is 48.1 Å². The van der Waals surface area contributed by atoms with Crippen molar-refractivity contribution in [3.63, 3.8) is 0 Å². The minimum atomic E-state index is -0.716. The van der Waals surface area contributed by atoms with Crippen LogP contribution in [0.15, 0.2) is 36.4 Å². The summed E-state index contributed by atoms with van der Waals surface area (Å²) in [6.07, 6.45) is 1.37. The number of esters is 1. The van der Waals surface area contributed by atoms with E-state index in [1.54, 1.807) is 43.0 Å². The van der Waals surface area contributed by atoms with E-state index in [2.05, 4.69) is 0 Å². The van der Waals surface area contributed by atoms with E-state index in [4.69, 9.17) is 18.9 Å². The van der Waals surface area contributed by atoms with Crippen molar-refractivity contribution in [3.8, 4) is 17.2 Å². The number of fused-ring (bicyclic) bond motifs is 1. The number of nitrogens with zero attached hydrogens (tertiary/aromatic N) is 2. The van der Waals surface area contributed by atoms with Gasteiger partial charge >= 0.3 is 5.97 Å². The monoisotopic (exact) mass is 510 g/mol. The van der Waals surface area contributed by atoms with Crippen LogP contribution in [-0.4, -0.2) is 75.7 Å². The minimum Gasteiger partial charge on any atom is -0.497 e. The van der Waals surface area contributed by atoms with Gasteiger partial charge in [-0.2, -0.15) is 0 Å². The molecule has 1 saturated heterocycles. The average molecular weight is 511 g/mol. The Morgan fingerprint density at radius 2 is 1.68 bits per heavy atom. The van der Waals surface area contributed by atoms with Gasteiger partial charge in [-0.15, -0.1) is 0 Å². The summed E-state index contributed by atoms with van der Waals surface area (Å²) in [6.45, 7) is 2.88. The highest BCUT2D eigenvalue weighted by atomic mass is 16.5. The lowest BCUT2D eigenvalue weighted by molar-refractivity contribution is -0.151. The number of ether oxygens (including phenoxy) is 4. The molecule has 3 atom stereocenters. The topological polar surface area (TPSA) is 94.6 Å². The number of carbonyl (C=O) groups is 3. The van der Waals surface area contributed by atoms with Gasteiger partial charge in [0.1, 0.15) is 5.75 Å². The van der Waals surface area contributed by atoms with Crippen LogP contribution in [0.25, 0.3) is 0 Å². The predicted molar refractivity (Wildman–Crippen MR) is 136 cm³/mol. The number of hydrogen-bond acceptors (Lipinski definition) is 7. The maximum absolute atomic E-state index is 14.3. The third-order valence-corrected chi connectivity index (χ3v) is 7.25. The van der Waals surface area contributed by atoms with E-state index in [0.29, 0.717) is 54.4 Å². The van der Waals surface area contributed by atoms with Crippen LogP contribution in [0.4, 0.5) is 0 Å². The Bertz CT molecular complexity index is 1160. The highest BCUT2D eigenvalue weighted by molar-refractivity contribution is 6.02. The van der Waals surface area contributed by atoms with Crippen LogP contribution >= 0.6 is 0 Å². The molecule has 2 aromatic carbocycles. The van der Waals surface area contributed by atoms with E-state index >= 15 is 0 Å². The molecule has 2 aromatic rings. The molecule has 37 heavy (non-hydrogen) atoms. The Hall–Kier alpha value is -3.75. The molecule has 0 N–H and O–H groups in total. The first-order valence-electron chi connectivity index (χ1n) is 12.5. The van der Waals surface area contributed by atoms with Crippen molar-refractivity contribution in [1.29, 1.82) is 0 Å². The van der Waals surface area contributed by atoms with Crippen LogP contribution < -0.4 is 14.2 Å². The van der Waals surface area contributed by atoms with Crippen molar-refractivity contribution in [2.45, 2.75) is 31.7 Å².